The molecule has 1 aromatic carbocycles. The number of hydrogen-bond acceptors (Lipinski definition) is 5. The van der Waals surface area contributed by atoms with Gasteiger partial charge in [0, 0.05) is 11.4 Å². The lowest BCUT2D eigenvalue weighted by Crippen LogP contribution is -2.39. The maximum absolute atomic E-state index is 11.7. The van der Waals surface area contributed by atoms with Crippen LogP contribution in [-0.2, 0) is 14.3 Å². The summed E-state index contributed by atoms with van der Waals surface area (Å²) in [5, 5.41) is 6.13. The average Bonchev–Trinajstić information content (AvgIpc) is 2.85. The summed E-state index contributed by atoms with van der Waals surface area (Å²) in [7, 11) is 0. The zero-order valence-electron chi connectivity index (χ0n) is 10.9. The molecule has 0 saturated carbocycles. The molecule has 0 aromatic heterocycles. The number of nitrogens with two attached hydrogens (primary N) is 1. The van der Waals surface area contributed by atoms with Gasteiger partial charge in [0.15, 0.2) is 0 Å². The normalized spacial score (nSPS) is 17.8. The fraction of sp³-hybridized carbons (Fsp3) is 0.308. The minimum atomic E-state index is -0.699. The topological polar surface area (TPSA) is 85.0 Å². The van der Waals surface area contributed by atoms with Gasteiger partial charge in [-0.1, -0.05) is 11.6 Å². The van der Waals surface area contributed by atoms with Crippen LogP contribution in [-0.4, -0.2) is 30.2 Å². The summed E-state index contributed by atoms with van der Waals surface area (Å²) >= 11 is 5.82. The number of esters is 1. The molecular formula is C13H14ClN3O3. The molecule has 2 rings (SSSR count). The Balaban J connectivity index is 2.29. The molecule has 106 valence electrons. The van der Waals surface area contributed by atoms with Crippen molar-refractivity contribution in [2.45, 2.75) is 19.4 Å². The van der Waals surface area contributed by atoms with Crippen LogP contribution in [0.15, 0.2) is 29.4 Å². The number of carbonyl (C=O) groups excluding carboxylic acids is 2. The highest BCUT2D eigenvalue weighted by Crippen LogP contribution is 2.26. The SMILES string of the molecule is CCOC(=O)C1=NN(c2ccc(Cl)cc2)C(C(N)=O)C1. The highest BCUT2D eigenvalue weighted by atomic mass is 35.5. The quantitative estimate of drug-likeness (QED) is 0.849. The largest absolute Gasteiger partial charge is 0.461 e. The van der Waals surface area contributed by atoms with Gasteiger partial charge in [-0.05, 0) is 31.2 Å². The molecule has 1 aliphatic heterocycles. The van der Waals surface area contributed by atoms with E-state index in [0.717, 1.165) is 0 Å². The maximum atomic E-state index is 11.7. The summed E-state index contributed by atoms with van der Waals surface area (Å²) in [5.41, 5.74) is 6.18. The molecule has 0 spiro atoms. The van der Waals surface area contributed by atoms with Crippen molar-refractivity contribution in [3.8, 4) is 0 Å². The Kier molecular flexibility index (Phi) is 4.24. The zero-order chi connectivity index (χ0) is 14.7. The summed E-state index contributed by atoms with van der Waals surface area (Å²) in [6.45, 7) is 1.95. The number of carbonyl (C=O) groups is 2. The number of ether oxygens (including phenoxy) is 1. The molecule has 6 nitrogen and oxygen atoms in total. The van der Waals surface area contributed by atoms with Gasteiger partial charge in [-0.15, -0.1) is 0 Å². The molecule has 2 N–H and O–H groups in total. The fourth-order valence-corrected chi connectivity index (χ4v) is 2.03. The van der Waals surface area contributed by atoms with E-state index in [1.54, 1.807) is 31.2 Å². The standard InChI is InChI=1S/C13H14ClN3O3/c1-2-20-13(19)10-7-11(12(15)18)17(16-10)9-5-3-8(14)4-6-9/h3-6,11H,2,7H2,1H3,(H2,15,18). The highest BCUT2D eigenvalue weighted by molar-refractivity contribution is 6.38. The number of rotatable bonds is 4. The van der Waals surface area contributed by atoms with Crippen molar-refractivity contribution in [1.29, 1.82) is 0 Å². The molecule has 0 radical (unpaired) electrons. The maximum Gasteiger partial charge on any atom is 0.354 e. The van der Waals surface area contributed by atoms with Crippen LogP contribution in [0, 0.1) is 0 Å². The van der Waals surface area contributed by atoms with Gasteiger partial charge >= 0.3 is 5.97 Å². The van der Waals surface area contributed by atoms with E-state index < -0.39 is 17.9 Å². The molecular weight excluding hydrogens is 282 g/mol. The zero-order valence-corrected chi connectivity index (χ0v) is 11.6. The minimum Gasteiger partial charge on any atom is -0.461 e. The Hall–Kier alpha value is -2.08. The number of nitrogens with zero attached hydrogens (tertiary/aromatic N) is 2. The van der Waals surface area contributed by atoms with Crippen molar-refractivity contribution >= 4 is 34.9 Å². The third-order valence-corrected chi connectivity index (χ3v) is 3.09. The number of hydrazone groups is 1. The average molecular weight is 296 g/mol. The lowest BCUT2D eigenvalue weighted by Gasteiger charge is -2.20. The van der Waals surface area contributed by atoms with Gasteiger partial charge in [0.05, 0.1) is 12.3 Å². The lowest BCUT2D eigenvalue weighted by molar-refractivity contribution is -0.135. The first-order chi connectivity index (χ1) is 9.52. The van der Waals surface area contributed by atoms with Crippen LogP contribution < -0.4 is 10.7 Å². The molecule has 1 amide bonds. The number of amides is 1. The Morgan fingerprint density at radius 1 is 1.45 bits per heavy atom. The molecule has 0 aliphatic carbocycles. The van der Waals surface area contributed by atoms with Gasteiger partial charge < -0.3 is 10.5 Å². The van der Waals surface area contributed by atoms with Crippen LogP contribution in [0.3, 0.4) is 0 Å². The van der Waals surface area contributed by atoms with E-state index >= 15 is 0 Å². The van der Waals surface area contributed by atoms with Gasteiger partial charge in [0.25, 0.3) is 0 Å². The second-order valence-electron chi connectivity index (χ2n) is 4.21. The van der Waals surface area contributed by atoms with Crippen molar-refractivity contribution in [3.63, 3.8) is 0 Å². The van der Waals surface area contributed by atoms with E-state index in [1.165, 1.54) is 5.01 Å². The summed E-state index contributed by atoms with van der Waals surface area (Å²) in [6, 6.07) is 6.06. The Morgan fingerprint density at radius 3 is 2.65 bits per heavy atom. The smallest absolute Gasteiger partial charge is 0.354 e. The van der Waals surface area contributed by atoms with Crippen LogP contribution in [0.2, 0.25) is 5.02 Å². The first kappa shape index (κ1) is 14.3. The summed E-state index contributed by atoms with van der Waals surface area (Å²) in [6.07, 6.45) is 0.136. The molecule has 1 aliphatic rings. The van der Waals surface area contributed by atoms with Crippen LogP contribution in [0.5, 0.6) is 0 Å². The fourth-order valence-electron chi connectivity index (χ4n) is 1.90. The molecule has 0 bridgehead atoms. The van der Waals surface area contributed by atoms with Gasteiger partial charge in [-0.2, -0.15) is 5.10 Å². The van der Waals surface area contributed by atoms with E-state index in [4.69, 9.17) is 22.1 Å². The summed E-state index contributed by atoms with van der Waals surface area (Å²) < 4.78 is 4.89. The van der Waals surface area contributed by atoms with Crippen molar-refractivity contribution in [2.75, 3.05) is 11.6 Å². The van der Waals surface area contributed by atoms with Crippen molar-refractivity contribution in [1.82, 2.24) is 0 Å². The number of halogens is 1. The van der Waals surface area contributed by atoms with Gasteiger partial charge in [-0.3, -0.25) is 9.80 Å². The van der Waals surface area contributed by atoms with E-state index in [2.05, 4.69) is 5.10 Å². The van der Waals surface area contributed by atoms with Gasteiger partial charge in [0.2, 0.25) is 5.91 Å². The Bertz CT molecular complexity index is 556. The number of primary amides is 1. The molecule has 1 atom stereocenters. The molecule has 1 unspecified atom stereocenters. The van der Waals surface area contributed by atoms with Gasteiger partial charge in [-0.25, -0.2) is 4.79 Å². The second kappa shape index (κ2) is 5.92. The number of benzene rings is 1. The van der Waals surface area contributed by atoms with Crippen molar-refractivity contribution in [2.24, 2.45) is 10.8 Å². The van der Waals surface area contributed by atoms with E-state index in [9.17, 15) is 9.59 Å². The third-order valence-electron chi connectivity index (χ3n) is 2.84. The van der Waals surface area contributed by atoms with Crippen LogP contribution in [0.1, 0.15) is 13.3 Å². The molecule has 0 saturated heterocycles. The molecule has 20 heavy (non-hydrogen) atoms. The first-order valence-electron chi connectivity index (χ1n) is 6.11. The molecule has 1 aromatic rings. The molecule has 0 fully saturated rings. The van der Waals surface area contributed by atoms with E-state index in [-0.39, 0.29) is 18.7 Å². The highest BCUT2D eigenvalue weighted by Gasteiger charge is 2.35. The minimum absolute atomic E-state index is 0.136. The van der Waals surface area contributed by atoms with E-state index in [0.29, 0.717) is 10.7 Å². The van der Waals surface area contributed by atoms with Crippen molar-refractivity contribution < 1.29 is 14.3 Å². The lowest BCUT2D eigenvalue weighted by atomic mass is 10.1. The second-order valence-corrected chi connectivity index (χ2v) is 4.65. The summed E-state index contributed by atoms with van der Waals surface area (Å²) in [4.78, 5) is 23.2. The van der Waals surface area contributed by atoms with Crippen molar-refractivity contribution in [3.05, 3.63) is 29.3 Å². The number of hydrogen-bond donors (Lipinski definition) is 1. The monoisotopic (exact) mass is 295 g/mol. The predicted molar refractivity (Wildman–Crippen MR) is 75.6 cm³/mol. The van der Waals surface area contributed by atoms with Crippen LogP contribution in [0.25, 0.3) is 0 Å². The predicted octanol–water partition coefficient (Wildman–Crippen LogP) is 1.32. The summed E-state index contributed by atoms with van der Waals surface area (Å²) in [5.74, 6) is -1.08. The number of anilines is 1. The first-order valence-corrected chi connectivity index (χ1v) is 6.49. The van der Waals surface area contributed by atoms with Gasteiger partial charge in [0.1, 0.15) is 11.8 Å². The Morgan fingerprint density at radius 2 is 2.10 bits per heavy atom. The Labute approximate surface area is 121 Å². The molecule has 1 heterocycles. The third kappa shape index (κ3) is 2.91. The van der Waals surface area contributed by atoms with Crippen LogP contribution in [0.4, 0.5) is 5.69 Å². The van der Waals surface area contributed by atoms with Crippen LogP contribution >= 0.6 is 11.6 Å². The van der Waals surface area contributed by atoms with E-state index in [1.807, 2.05) is 0 Å². The molecule has 7 heteroatoms.